The first kappa shape index (κ1) is 16.8. The lowest BCUT2D eigenvalue weighted by Crippen LogP contribution is -2.46. The van der Waals surface area contributed by atoms with Crippen molar-refractivity contribution in [2.75, 3.05) is 44.2 Å². The SMILES string of the molecule is CCN1CCN(c2ccc(C(=O)NC(C)CCO)cc2)CC1. The lowest BCUT2D eigenvalue weighted by atomic mass is 10.1. The molecular formula is C17H27N3O2. The monoisotopic (exact) mass is 305 g/mol. The third kappa shape index (κ3) is 4.45. The largest absolute Gasteiger partial charge is 0.396 e. The molecule has 5 nitrogen and oxygen atoms in total. The molecule has 2 rings (SSSR count). The zero-order valence-corrected chi connectivity index (χ0v) is 13.6. The molecule has 0 aromatic heterocycles. The molecule has 1 aromatic rings. The van der Waals surface area contributed by atoms with E-state index in [1.54, 1.807) is 0 Å². The van der Waals surface area contributed by atoms with Crippen LogP contribution in [0.3, 0.4) is 0 Å². The molecular weight excluding hydrogens is 278 g/mol. The highest BCUT2D eigenvalue weighted by molar-refractivity contribution is 5.94. The second kappa shape index (κ2) is 8.15. The van der Waals surface area contributed by atoms with Gasteiger partial charge in [-0.15, -0.1) is 0 Å². The molecule has 1 amide bonds. The highest BCUT2D eigenvalue weighted by Crippen LogP contribution is 2.17. The van der Waals surface area contributed by atoms with Gasteiger partial charge in [-0.05, 0) is 44.2 Å². The van der Waals surface area contributed by atoms with Crippen LogP contribution in [0.2, 0.25) is 0 Å². The topological polar surface area (TPSA) is 55.8 Å². The minimum absolute atomic E-state index is 0.0145. The van der Waals surface area contributed by atoms with Crippen molar-refractivity contribution in [1.82, 2.24) is 10.2 Å². The van der Waals surface area contributed by atoms with Gasteiger partial charge in [-0.1, -0.05) is 6.92 Å². The molecule has 0 radical (unpaired) electrons. The molecule has 122 valence electrons. The number of amides is 1. The number of carbonyl (C=O) groups excluding carboxylic acids is 1. The molecule has 1 aliphatic rings. The molecule has 22 heavy (non-hydrogen) atoms. The Balaban J connectivity index is 1.91. The smallest absolute Gasteiger partial charge is 0.251 e. The van der Waals surface area contributed by atoms with Crippen molar-refractivity contribution in [1.29, 1.82) is 0 Å². The number of hydrogen-bond acceptors (Lipinski definition) is 4. The Kier molecular flexibility index (Phi) is 6.21. The van der Waals surface area contributed by atoms with Crippen LogP contribution in [0.15, 0.2) is 24.3 Å². The van der Waals surface area contributed by atoms with Crippen molar-refractivity contribution in [3.05, 3.63) is 29.8 Å². The zero-order valence-electron chi connectivity index (χ0n) is 13.6. The molecule has 1 heterocycles. The highest BCUT2D eigenvalue weighted by atomic mass is 16.3. The van der Waals surface area contributed by atoms with Gasteiger partial charge in [0.15, 0.2) is 0 Å². The van der Waals surface area contributed by atoms with Gasteiger partial charge in [0.05, 0.1) is 0 Å². The Morgan fingerprint density at radius 2 is 1.86 bits per heavy atom. The molecule has 2 N–H and O–H groups in total. The van der Waals surface area contributed by atoms with Crippen molar-refractivity contribution in [2.24, 2.45) is 0 Å². The molecule has 1 saturated heterocycles. The molecule has 1 unspecified atom stereocenters. The Hall–Kier alpha value is -1.59. The Morgan fingerprint density at radius 3 is 2.41 bits per heavy atom. The number of piperazine rings is 1. The van der Waals surface area contributed by atoms with Gasteiger partial charge in [-0.25, -0.2) is 0 Å². The second-order valence-electron chi connectivity index (χ2n) is 5.85. The van der Waals surface area contributed by atoms with Crippen molar-refractivity contribution in [2.45, 2.75) is 26.3 Å². The summed E-state index contributed by atoms with van der Waals surface area (Å²) in [6.07, 6.45) is 0.575. The summed E-state index contributed by atoms with van der Waals surface area (Å²) in [5, 5.41) is 11.8. The second-order valence-corrected chi connectivity index (χ2v) is 5.85. The summed E-state index contributed by atoms with van der Waals surface area (Å²) in [5.74, 6) is -0.0803. The van der Waals surface area contributed by atoms with Crippen LogP contribution in [0, 0.1) is 0 Å². The first-order chi connectivity index (χ1) is 10.6. The number of benzene rings is 1. The van der Waals surface area contributed by atoms with Gasteiger partial charge in [-0.2, -0.15) is 0 Å². The molecule has 0 bridgehead atoms. The van der Waals surface area contributed by atoms with Gasteiger partial charge in [0, 0.05) is 50.1 Å². The average molecular weight is 305 g/mol. The van der Waals surface area contributed by atoms with E-state index in [1.807, 2.05) is 31.2 Å². The fourth-order valence-electron chi connectivity index (χ4n) is 2.72. The number of anilines is 1. The zero-order chi connectivity index (χ0) is 15.9. The van der Waals surface area contributed by atoms with Crippen LogP contribution < -0.4 is 10.2 Å². The number of aliphatic hydroxyl groups is 1. The minimum atomic E-state index is -0.0803. The fraction of sp³-hybridized carbons (Fsp3) is 0.588. The van der Waals surface area contributed by atoms with E-state index < -0.39 is 0 Å². The number of likely N-dealkylation sites (N-methyl/N-ethyl adjacent to an activating group) is 1. The maximum absolute atomic E-state index is 12.1. The molecule has 0 spiro atoms. The van der Waals surface area contributed by atoms with E-state index in [1.165, 1.54) is 5.69 Å². The summed E-state index contributed by atoms with van der Waals surface area (Å²) in [4.78, 5) is 16.9. The maximum Gasteiger partial charge on any atom is 0.251 e. The van der Waals surface area contributed by atoms with Gasteiger partial charge >= 0.3 is 0 Å². The van der Waals surface area contributed by atoms with Crippen LogP contribution in [0.4, 0.5) is 5.69 Å². The van der Waals surface area contributed by atoms with Gasteiger partial charge in [0.2, 0.25) is 0 Å². The van der Waals surface area contributed by atoms with E-state index in [0.717, 1.165) is 32.7 Å². The summed E-state index contributed by atoms with van der Waals surface area (Å²) >= 11 is 0. The Labute approximate surface area is 132 Å². The summed E-state index contributed by atoms with van der Waals surface area (Å²) in [6, 6.07) is 7.78. The number of rotatable bonds is 6. The number of carbonyl (C=O) groups is 1. The van der Waals surface area contributed by atoms with Crippen molar-refractivity contribution >= 4 is 11.6 Å². The molecule has 0 aliphatic carbocycles. The van der Waals surface area contributed by atoms with Crippen LogP contribution in [0.1, 0.15) is 30.6 Å². The molecule has 1 aromatic carbocycles. The quantitative estimate of drug-likeness (QED) is 0.832. The van der Waals surface area contributed by atoms with Crippen molar-refractivity contribution in [3.8, 4) is 0 Å². The number of nitrogens with zero attached hydrogens (tertiary/aromatic N) is 2. The predicted molar refractivity (Wildman–Crippen MR) is 89.4 cm³/mol. The van der Waals surface area contributed by atoms with Crippen molar-refractivity contribution in [3.63, 3.8) is 0 Å². The van der Waals surface area contributed by atoms with Gasteiger partial charge < -0.3 is 20.2 Å². The fourth-order valence-corrected chi connectivity index (χ4v) is 2.72. The van der Waals surface area contributed by atoms with Crippen LogP contribution in [-0.4, -0.2) is 61.3 Å². The highest BCUT2D eigenvalue weighted by Gasteiger charge is 2.16. The number of nitrogens with one attached hydrogen (secondary N) is 1. The van der Waals surface area contributed by atoms with Crippen LogP contribution >= 0.6 is 0 Å². The third-order valence-corrected chi connectivity index (χ3v) is 4.25. The van der Waals surface area contributed by atoms with Gasteiger partial charge in [0.25, 0.3) is 5.91 Å². The lowest BCUT2D eigenvalue weighted by Gasteiger charge is -2.35. The average Bonchev–Trinajstić information content (AvgIpc) is 2.55. The number of hydrogen-bond donors (Lipinski definition) is 2. The Morgan fingerprint density at radius 1 is 1.23 bits per heavy atom. The maximum atomic E-state index is 12.1. The molecule has 1 atom stereocenters. The molecule has 5 heteroatoms. The third-order valence-electron chi connectivity index (χ3n) is 4.25. The Bertz CT molecular complexity index is 467. The first-order valence-electron chi connectivity index (χ1n) is 8.13. The van der Waals surface area contributed by atoms with Gasteiger partial charge in [0.1, 0.15) is 0 Å². The van der Waals surface area contributed by atoms with Crippen LogP contribution in [0.5, 0.6) is 0 Å². The summed E-state index contributed by atoms with van der Waals surface area (Å²) in [6.45, 7) is 9.55. The van der Waals surface area contributed by atoms with Crippen LogP contribution in [-0.2, 0) is 0 Å². The first-order valence-corrected chi connectivity index (χ1v) is 8.13. The number of aliphatic hydroxyl groups excluding tert-OH is 1. The van der Waals surface area contributed by atoms with E-state index in [-0.39, 0.29) is 18.6 Å². The van der Waals surface area contributed by atoms with E-state index >= 15 is 0 Å². The van der Waals surface area contributed by atoms with Gasteiger partial charge in [-0.3, -0.25) is 4.79 Å². The lowest BCUT2D eigenvalue weighted by molar-refractivity contribution is 0.0934. The summed E-state index contributed by atoms with van der Waals surface area (Å²) in [5.41, 5.74) is 1.84. The minimum Gasteiger partial charge on any atom is -0.396 e. The van der Waals surface area contributed by atoms with Crippen LogP contribution in [0.25, 0.3) is 0 Å². The standard InChI is InChI=1S/C17H27N3O2/c1-3-19-9-11-20(12-10-19)16-6-4-15(5-7-16)17(22)18-14(2)8-13-21/h4-7,14,21H,3,8-13H2,1-2H3,(H,18,22). The van der Waals surface area contributed by atoms with E-state index in [0.29, 0.717) is 12.0 Å². The van der Waals surface area contributed by atoms with Crippen molar-refractivity contribution < 1.29 is 9.90 Å². The summed E-state index contributed by atoms with van der Waals surface area (Å²) < 4.78 is 0. The molecule has 0 saturated carbocycles. The molecule has 1 aliphatic heterocycles. The van der Waals surface area contributed by atoms with E-state index in [9.17, 15) is 4.79 Å². The predicted octanol–water partition coefficient (Wildman–Crippen LogP) is 1.33. The van der Waals surface area contributed by atoms with E-state index in [4.69, 9.17) is 5.11 Å². The normalized spacial score (nSPS) is 17.3. The summed E-state index contributed by atoms with van der Waals surface area (Å²) in [7, 11) is 0. The molecule has 1 fully saturated rings. The van der Waals surface area contributed by atoms with E-state index in [2.05, 4.69) is 22.0 Å².